The number of aliphatic hydroxyl groups excluding tert-OH is 2. The van der Waals surface area contributed by atoms with Gasteiger partial charge in [0.15, 0.2) is 0 Å². The van der Waals surface area contributed by atoms with E-state index in [4.69, 9.17) is 0 Å². The molecule has 2 rings (SSSR count). The van der Waals surface area contributed by atoms with Crippen LogP contribution < -0.4 is 0 Å². The second kappa shape index (κ2) is 3.08. The lowest BCUT2D eigenvalue weighted by atomic mass is 9.70. The Balaban J connectivity index is 2.37. The van der Waals surface area contributed by atoms with E-state index in [0.717, 1.165) is 12.8 Å². The molecule has 0 radical (unpaired) electrons. The molecule has 2 heteroatoms. The number of hydrogen-bond acceptors (Lipinski definition) is 2. The van der Waals surface area contributed by atoms with Crippen LogP contribution in [0.5, 0.6) is 0 Å². The highest BCUT2D eigenvalue weighted by Crippen LogP contribution is 2.68. The van der Waals surface area contributed by atoms with Gasteiger partial charge in [0.05, 0.1) is 12.2 Å². The van der Waals surface area contributed by atoms with Gasteiger partial charge in [-0.05, 0) is 29.6 Å². The van der Waals surface area contributed by atoms with Crippen molar-refractivity contribution in [2.75, 3.05) is 0 Å². The Bertz CT molecular complexity index is 284. The summed E-state index contributed by atoms with van der Waals surface area (Å²) in [5, 5.41) is 20.3. The normalized spacial score (nSPS) is 49.3. The third kappa shape index (κ3) is 1.12. The van der Waals surface area contributed by atoms with Crippen LogP contribution >= 0.6 is 0 Å². The van der Waals surface area contributed by atoms with E-state index >= 15 is 0 Å². The van der Waals surface area contributed by atoms with Gasteiger partial charge in [-0.3, -0.25) is 0 Å². The first kappa shape index (κ1) is 11.2. The maximum atomic E-state index is 10.4. The van der Waals surface area contributed by atoms with E-state index < -0.39 is 6.10 Å². The van der Waals surface area contributed by atoms with E-state index in [1.165, 1.54) is 0 Å². The van der Waals surface area contributed by atoms with E-state index in [2.05, 4.69) is 27.4 Å². The molecule has 0 spiro atoms. The molecule has 0 saturated heterocycles. The molecule has 0 heterocycles. The standard InChI is InChI=1S/C13H22O2/c1-5-9(14)10-8-6-7-13(4,11(10)15)12(8,2)3/h5,8-11,14-15H,1,6-7H2,2-4H3/t8-,9+,10+,11-,13+/m1/s1. The fraction of sp³-hybridized carbons (Fsp3) is 0.846. The van der Waals surface area contributed by atoms with Gasteiger partial charge in [-0.15, -0.1) is 6.58 Å². The van der Waals surface area contributed by atoms with Crippen molar-refractivity contribution < 1.29 is 10.2 Å². The summed E-state index contributed by atoms with van der Waals surface area (Å²) >= 11 is 0. The van der Waals surface area contributed by atoms with Crippen molar-refractivity contribution in [3.63, 3.8) is 0 Å². The van der Waals surface area contributed by atoms with Gasteiger partial charge in [0.2, 0.25) is 0 Å². The van der Waals surface area contributed by atoms with Crippen molar-refractivity contribution in [2.24, 2.45) is 22.7 Å². The van der Waals surface area contributed by atoms with Crippen LogP contribution in [0.25, 0.3) is 0 Å². The van der Waals surface area contributed by atoms with Crippen molar-refractivity contribution in [1.82, 2.24) is 0 Å². The Morgan fingerprint density at radius 1 is 1.40 bits per heavy atom. The minimum absolute atomic E-state index is 0.0174. The van der Waals surface area contributed by atoms with Gasteiger partial charge in [0.1, 0.15) is 0 Å². The van der Waals surface area contributed by atoms with Crippen LogP contribution in [0, 0.1) is 22.7 Å². The molecule has 5 atom stereocenters. The predicted molar refractivity (Wildman–Crippen MR) is 60.3 cm³/mol. The summed E-state index contributed by atoms with van der Waals surface area (Å²) < 4.78 is 0. The van der Waals surface area contributed by atoms with Gasteiger partial charge in [0, 0.05) is 5.92 Å². The molecule has 0 aromatic rings. The smallest absolute Gasteiger partial charge is 0.0774 e. The summed E-state index contributed by atoms with van der Waals surface area (Å²) in [6.07, 6.45) is 2.81. The van der Waals surface area contributed by atoms with Gasteiger partial charge >= 0.3 is 0 Å². The quantitative estimate of drug-likeness (QED) is 0.684. The van der Waals surface area contributed by atoms with E-state index in [1.807, 2.05) is 0 Å². The molecular weight excluding hydrogens is 188 g/mol. The number of hydrogen-bond donors (Lipinski definition) is 2. The van der Waals surface area contributed by atoms with Gasteiger partial charge in [0.25, 0.3) is 0 Å². The number of fused-ring (bicyclic) bond motifs is 2. The first-order valence-electron chi connectivity index (χ1n) is 5.85. The van der Waals surface area contributed by atoms with Crippen LogP contribution in [0.4, 0.5) is 0 Å². The molecule has 86 valence electrons. The number of rotatable bonds is 2. The van der Waals surface area contributed by atoms with Gasteiger partial charge in [-0.1, -0.05) is 26.8 Å². The minimum atomic E-state index is -0.564. The third-order valence-electron chi connectivity index (χ3n) is 5.49. The maximum Gasteiger partial charge on any atom is 0.0774 e. The largest absolute Gasteiger partial charge is 0.392 e. The van der Waals surface area contributed by atoms with E-state index in [0.29, 0.717) is 5.92 Å². The van der Waals surface area contributed by atoms with Crippen molar-refractivity contribution in [3.05, 3.63) is 12.7 Å². The fourth-order valence-electron chi connectivity index (χ4n) is 3.99. The molecule has 2 fully saturated rings. The molecule has 2 N–H and O–H groups in total. The molecular formula is C13H22O2. The molecule has 0 aliphatic heterocycles. The lowest BCUT2D eigenvalue weighted by molar-refractivity contribution is -0.0383. The molecule has 2 bridgehead atoms. The van der Waals surface area contributed by atoms with Crippen LogP contribution in [-0.2, 0) is 0 Å². The zero-order chi connectivity index (χ0) is 11.4. The van der Waals surface area contributed by atoms with E-state index in [1.54, 1.807) is 6.08 Å². The molecule has 2 aliphatic rings. The van der Waals surface area contributed by atoms with Crippen molar-refractivity contribution in [1.29, 1.82) is 0 Å². The molecule has 15 heavy (non-hydrogen) atoms. The molecule has 2 aliphatic carbocycles. The first-order chi connectivity index (χ1) is 6.86. The maximum absolute atomic E-state index is 10.4. The minimum Gasteiger partial charge on any atom is -0.392 e. The molecule has 0 aromatic heterocycles. The SMILES string of the molecule is C=C[C@H](O)[C@@H]1[C@H]2CC[C@@](C)([C@@H]1O)C2(C)C. The van der Waals surface area contributed by atoms with Crippen LogP contribution in [0.2, 0.25) is 0 Å². The molecule has 2 saturated carbocycles. The van der Waals surface area contributed by atoms with E-state index in [-0.39, 0.29) is 22.9 Å². The average Bonchev–Trinajstić information content (AvgIpc) is 2.48. The predicted octanol–water partition coefficient (Wildman–Crippen LogP) is 1.97. The highest BCUT2D eigenvalue weighted by atomic mass is 16.3. The summed E-state index contributed by atoms with van der Waals surface area (Å²) in [6.45, 7) is 10.2. The summed E-state index contributed by atoms with van der Waals surface area (Å²) in [7, 11) is 0. The van der Waals surface area contributed by atoms with Crippen molar-refractivity contribution in [2.45, 2.75) is 45.8 Å². The highest BCUT2D eigenvalue weighted by Gasteiger charge is 2.66. The Labute approximate surface area is 92.0 Å². The summed E-state index contributed by atoms with van der Waals surface area (Å²) in [4.78, 5) is 0. The Morgan fingerprint density at radius 2 is 2.00 bits per heavy atom. The van der Waals surface area contributed by atoms with Crippen molar-refractivity contribution in [3.8, 4) is 0 Å². The first-order valence-corrected chi connectivity index (χ1v) is 5.85. The van der Waals surface area contributed by atoms with Crippen LogP contribution in [0.1, 0.15) is 33.6 Å². The summed E-state index contributed by atoms with van der Waals surface area (Å²) in [5.41, 5.74) is 0.0907. The summed E-state index contributed by atoms with van der Waals surface area (Å²) in [5.74, 6) is 0.404. The van der Waals surface area contributed by atoms with Gasteiger partial charge in [-0.25, -0.2) is 0 Å². The Hall–Kier alpha value is -0.340. The van der Waals surface area contributed by atoms with Crippen molar-refractivity contribution >= 4 is 0 Å². The Kier molecular flexibility index (Phi) is 2.29. The zero-order valence-electron chi connectivity index (χ0n) is 9.90. The van der Waals surface area contributed by atoms with Crippen LogP contribution in [0.15, 0.2) is 12.7 Å². The van der Waals surface area contributed by atoms with Crippen LogP contribution in [0.3, 0.4) is 0 Å². The second-order valence-electron chi connectivity index (χ2n) is 6.03. The number of aliphatic hydroxyl groups is 2. The van der Waals surface area contributed by atoms with Gasteiger partial charge < -0.3 is 10.2 Å². The van der Waals surface area contributed by atoms with Gasteiger partial charge in [-0.2, -0.15) is 0 Å². The summed E-state index contributed by atoms with van der Waals surface area (Å²) in [6, 6.07) is 0. The third-order valence-corrected chi connectivity index (χ3v) is 5.49. The molecule has 0 amide bonds. The highest BCUT2D eigenvalue weighted by molar-refractivity contribution is 5.16. The monoisotopic (exact) mass is 210 g/mol. The van der Waals surface area contributed by atoms with E-state index in [9.17, 15) is 10.2 Å². The molecule has 0 unspecified atom stereocenters. The zero-order valence-corrected chi connectivity index (χ0v) is 9.90. The topological polar surface area (TPSA) is 40.5 Å². The Morgan fingerprint density at radius 3 is 2.40 bits per heavy atom. The lowest BCUT2D eigenvalue weighted by Gasteiger charge is -2.37. The fourth-order valence-corrected chi connectivity index (χ4v) is 3.99. The lowest BCUT2D eigenvalue weighted by Crippen LogP contribution is -2.40. The average molecular weight is 210 g/mol. The molecule has 2 nitrogen and oxygen atoms in total. The second-order valence-corrected chi connectivity index (χ2v) is 6.03. The molecule has 0 aromatic carbocycles. The van der Waals surface area contributed by atoms with Crippen LogP contribution in [-0.4, -0.2) is 22.4 Å².